The lowest BCUT2D eigenvalue weighted by molar-refractivity contribution is 0.651. The first-order valence-electron chi connectivity index (χ1n) is 20.4. The van der Waals surface area contributed by atoms with Gasteiger partial charge in [0.1, 0.15) is 5.52 Å². The van der Waals surface area contributed by atoms with Crippen LogP contribution in [0.5, 0.6) is 0 Å². The van der Waals surface area contributed by atoms with Crippen molar-refractivity contribution in [3.8, 4) is 73.5 Å². The highest BCUT2D eigenvalue weighted by atomic mass is 16.3. The first kappa shape index (κ1) is 35.3. The second-order valence-electron chi connectivity index (χ2n) is 15.2. The average molecular weight is 796 g/mol. The first-order valence-corrected chi connectivity index (χ1v) is 20.4. The molecule has 0 saturated heterocycles. The Kier molecular flexibility index (Phi) is 8.31. The molecule has 0 aliphatic carbocycles. The molecule has 12 rings (SSSR count). The fourth-order valence-corrected chi connectivity index (χ4v) is 8.33. The van der Waals surface area contributed by atoms with Crippen molar-refractivity contribution in [3.05, 3.63) is 200 Å². The zero-order valence-electron chi connectivity index (χ0n) is 33.1. The maximum Gasteiger partial charge on any atom is 0.229 e. The molecule has 0 unspecified atom stereocenters. The quantitative estimate of drug-likeness (QED) is 0.158. The summed E-state index contributed by atoms with van der Waals surface area (Å²) in [5.74, 6) is 2.40. The van der Waals surface area contributed by atoms with Gasteiger partial charge in [0.25, 0.3) is 0 Å². The van der Waals surface area contributed by atoms with Gasteiger partial charge >= 0.3 is 0 Å². The number of nitrogens with zero attached hydrogens (tertiary/aromatic N) is 7. The summed E-state index contributed by atoms with van der Waals surface area (Å²) in [6.45, 7) is 0. The number of pyridine rings is 1. The van der Waals surface area contributed by atoms with Crippen molar-refractivity contribution in [1.29, 1.82) is 0 Å². The van der Waals surface area contributed by atoms with Crippen LogP contribution in [0.4, 0.5) is 0 Å². The summed E-state index contributed by atoms with van der Waals surface area (Å²) in [4.78, 5) is 29.5. The standard InChI is InChI=1S/C54H33N7O/c1-3-12-34(13-4-1)35-22-26-38(27-23-35)50-55-33-48-49(57-50)45-31-41(32-56-54(45)62-48)36-24-28-39(29-25-36)52-58-51(37-14-5-2-6-15-37)59-53(60-52)40-16-11-17-42(30-40)61-46-20-9-7-18-43(46)44-19-8-10-21-47(44)61/h1-33H. The molecule has 0 fully saturated rings. The number of hydrogen-bond donors (Lipinski definition) is 0. The molecule has 0 aliphatic heterocycles. The minimum Gasteiger partial charge on any atom is -0.434 e. The van der Waals surface area contributed by atoms with Gasteiger partial charge < -0.3 is 8.98 Å². The predicted molar refractivity (Wildman–Crippen MR) is 247 cm³/mol. The van der Waals surface area contributed by atoms with Gasteiger partial charge in [-0.3, -0.25) is 0 Å². The average Bonchev–Trinajstić information content (AvgIpc) is 3.90. The van der Waals surface area contributed by atoms with E-state index in [0.717, 1.165) is 72.1 Å². The molecule has 62 heavy (non-hydrogen) atoms. The molecule has 0 atom stereocenters. The first-order chi connectivity index (χ1) is 30.7. The Morgan fingerprint density at radius 2 is 0.839 bits per heavy atom. The lowest BCUT2D eigenvalue weighted by Crippen LogP contribution is -2.01. The van der Waals surface area contributed by atoms with Gasteiger partial charge in [-0.2, -0.15) is 0 Å². The Bertz CT molecular complexity index is 3570. The van der Waals surface area contributed by atoms with Crippen molar-refractivity contribution < 1.29 is 4.42 Å². The van der Waals surface area contributed by atoms with Crippen LogP contribution in [0, 0.1) is 0 Å². The summed E-state index contributed by atoms with van der Waals surface area (Å²) in [6, 6.07) is 64.5. The summed E-state index contributed by atoms with van der Waals surface area (Å²) >= 11 is 0. The molecular weight excluding hydrogens is 763 g/mol. The van der Waals surface area contributed by atoms with E-state index in [1.807, 2.05) is 54.7 Å². The van der Waals surface area contributed by atoms with Crippen LogP contribution in [0.15, 0.2) is 205 Å². The molecule has 8 nitrogen and oxygen atoms in total. The van der Waals surface area contributed by atoms with E-state index in [4.69, 9.17) is 29.3 Å². The van der Waals surface area contributed by atoms with Crippen molar-refractivity contribution in [3.63, 3.8) is 0 Å². The van der Waals surface area contributed by atoms with Crippen LogP contribution in [0.1, 0.15) is 0 Å². The van der Waals surface area contributed by atoms with E-state index >= 15 is 0 Å². The summed E-state index contributed by atoms with van der Waals surface area (Å²) < 4.78 is 8.40. The molecule has 290 valence electrons. The number of benzene rings is 7. The zero-order valence-corrected chi connectivity index (χ0v) is 33.1. The van der Waals surface area contributed by atoms with E-state index in [1.54, 1.807) is 6.20 Å². The van der Waals surface area contributed by atoms with E-state index < -0.39 is 0 Å². The molecule has 0 amide bonds. The predicted octanol–water partition coefficient (Wildman–Crippen LogP) is 13.1. The summed E-state index contributed by atoms with van der Waals surface area (Å²) in [5.41, 5.74) is 13.0. The van der Waals surface area contributed by atoms with Gasteiger partial charge in [-0.25, -0.2) is 29.9 Å². The van der Waals surface area contributed by atoms with Gasteiger partial charge in [-0.1, -0.05) is 158 Å². The fraction of sp³-hybridized carbons (Fsp3) is 0. The van der Waals surface area contributed by atoms with E-state index in [0.29, 0.717) is 34.6 Å². The third-order valence-electron chi connectivity index (χ3n) is 11.4. The van der Waals surface area contributed by atoms with Crippen molar-refractivity contribution in [2.75, 3.05) is 0 Å². The third kappa shape index (κ3) is 6.17. The van der Waals surface area contributed by atoms with Gasteiger partial charge in [0.15, 0.2) is 28.9 Å². The lowest BCUT2D eigenvalue weighted by Gasteiger charge is -2.12. The summed E-state index contributed by atoms with van der Waals surface area (Å²) in [5, 5.41) is 3.25. The molecule has 5 aromatic heterocycles. The molecule has 0 radical (unpaired) electrons. The van der Waals surface area contributed by atoms with Crippen molar-refractivity contribution in [1.82, 2.24) is 34.5 Å². The van der Waals surface area contributed by atoms with Gasteiger partial charge in [0.05, 0.1) is 22.6 Å². The SMILES string of the molecule is c1ccc(-c2ccc(-c3ncc4oc5ncc(-c6ccc(-c7nc(-c8ccccc8)nc(-c8cccc(-n9c%10ccccc%10c%10ccccc%109)c8)n7)cc6)cc5c4n3)cc2)cc1. The zero-order chi connectivity index (χ0) is 41.0. The van der Waals surface area contributed by atoms with E-state index in [-0.39, 0.29) is 0 Å². The molecule has 0 bridgehead atoms. The van der Waals surface area contributed by atoms with Crippen LogP contribution >= 0.6 is 0 Å². The Labute approximate surface area is 355 Å². The maximum absolute atomic E-state index is 6.09. The third-order valence-corrected chi connectivity index (χ3v) is 11.4. The summed E-state index contributed by atoms with van der Waals surface area (Å²) in [7, 11) is 0. The highest BCUT2D eigenvalue weighted by Gasteiger charge is 2.17. The number of furan rings is 1. The Morgan fingerprint density at radius 3 is 1.50 bits per heavy atom. The van der Waals surface area contributed by atoms with E-state index in [2.05, 4.69) is 149 Å². The molecule has 5 heterocycles. The largest absolute Gasteiger partial charge is 0.434 e. The van der Waals surface area contributed by atoms with Crippen molar-refractivity contribution in [2.45, 2.75) is 0 Å². The Balaban J connectivity index is 0.898. The number of aromatic nitrogens is 7. The Hall–Kier alpha value is -8.62. The molecule has 8 heteroatoms. The van der Waals surface area contributed by atoms with Crippen LogP contribution in [-0.4, -0.2) is 34.5 Å². The van der Waals surface area contributed by atoms with Gasteiger partial charge in [0, 0.05) is 50.5 Å². The van der Waals surface area contributed by atoms with Crippen LogP contribution in [0.3, 0.4) is 0 Å². The van der Waals surface area contributed by atoms with Gasteiger partial charge in [-0.15, -0.1) is 0 Å². The molecule has 0 N–H and O–H groups in total. The van der Waals surface area contributed by atoms with Gasteiger partial charge in [-0.05, 0) is 47.0 Å². The second kappa shape index (κ2) is 14.6. The van der Waals surface area contributed by atoms with Crippen molar-refractivity contribution >= 4 is 44.0 Å². The molecule has 0 saturated carbocycles. The molecule has 7 aromatic carbocycles. The second-order valence-corrected chi connectivity index (χ2v) is 15.2. The normalized spacial score (nSPS) is 11.5. The number of fused-ring (bicyclic) bond motifs is 6. The van der Waals surface area contributed by atoms with Crippen LogP contribution < -0.4 is 0 Å². The molecular formula is C54H33N7O. The number of hydrogen-bond acceptors (Lipinski definition) is 7. The molecule has 12 aromatic rings. The summed E-state index contributed by atoms with van der Waals surface area (Å²) in [6.07, 6.45) is 3.56. The maximum atomic E-state index is 6.09. The smallest absolute Gasteiger partial charge is 0.229 e. The minimum absolute atomic E-state index is 0.514. The highest BCUT2D eigenvalue weighted by Crippen LogP contribution is 2.35. The van der Waals surface area contributed by atoms with Crippen molar-refractivity contribution in [2.24, 2.45) is 0 Å². The minimum atomic E-state index is 0.514. The van der Waals surface area contributed by atoms with Gasteiger partial charge in [0.2, 0.25) is 5.71 Å². The van der Waals surface area contributed by atoms with E-state index in [1.165, 1.54) is 10.8 Å². The van der Waals surface area contributed by atoms with E-state index in [9.17, 15) is 0 Å². The highest BCUT2D eigenvalue weighted by molar-refractivity contribution is 6.09. The molecule has 0 spiro atoms. The molecule has 0 aliphatic rings. The topological polar surface area (TPSA) is 95.4 Å². The number of para-hydroxylation sites is 2. The number of rotatable bonds is 7. The fourth-order valence-electron chi connectivity index (χ4n) is 8.33. The van der Waals surface area contributed by atoms with Crippen LogP contribution in [-0.2, 0) is 0 Å². The van der Waals surface area contributed by atoms with Crippen LogP contribution in [0.2, 0.25) is 0 Å². The van der Waals surface area contributed by atoms with Crippen LogP contribution in [0.25, 0.3) is 117 Å². The lowest BCUT2D eigenvalue weighted by atomic mass is 10.0. The monoisotopic (exact) mass is 795 g/mol. The Morgan fingerprint density at radius 1 is 0.339 bits per heavy atom.